The summed E-state index contributed by atoms with van der Waals surface area (Å²) in [5.41, 5.74) is 1.39. The highest BCUT2D eigenvalue weighted by Gasteiger charge is 2.16. The minimum absolute atomic E-state index is 0.103. The molecule has 3 aromatic heterocycles. The smallest absolute Gasteiger partial charge is 0.266 e. The number of nitrogens with one attached hydrogen (secondary N) is 1. The predicted molar refractivity (Wildman–Crippen MR) is 90.4 cm³/mol. The Bertz CT molecular complexity index is 945. The fourth-order valence-corrected chi connectivity index (χ4v) is 3.33. The van der Waals surface area contributed by atoms with Gasteiger partial charge < -0.3 is 10.1 Å². The van der Waals surface area contributed by atoms with Crippen molar-refractivity contribution in [2.45, 2.75) is 19.9 Å². The number of thiophene rings is 1. The van der Waals surface area contributed by atoms with E-state index in [1.165, 1.54) is 15.7 Å². The molecule has 3 heterocycles. The van der Waals surface area contributed by atoms with Gasteiger partial charge in [0.2, 0.25) is 0 Å². The molecule has 0 saturated heterocycles. The number of hydrogen-bond acceptors (Lipinski definition) is 5. The van der Waals surface area contributed by atoms with Crippen molar-refractivity contribution in [1.82, 2.24) is 14.7 Å². The van der Waals surface area contributed by atoms with Crippen LogP contribution in [0.3, 0.4) is 0 Å². The van der Waals surface area contributed by atoms with E-state index < -0.39 is 0 Å². The summed E-state index contributed by atoms with van der Waals surface area (Å²) in [6.07, 6.45) is 1.75. The minimum Gasteiger partial charge on any atom is -0.383 e. The van der Waals surface area contributed by atoms with Gasteiger partial charge >= 0.3 is 0 Å². The molecule has 0 saturated carbocycles. The Labute approximate surface area is 136 Å². The number of fused-ring (bicyclic) bond motifs is 2. The topological polar surface area (TPSA) is 72.7 Å². The van der Waals surface area contributed by atoms with E-state index in [1.54, 1.807) is 25.4 Å². The average molecular weight is 331 g/mol. The first kappa shape index (κ1) is 15.6. The first-order chi connectivity index (χ1) is 11.0. The maximum atomic E-state index is 12.6. The fourth-order valence-electron chi connectivity index (χ4n) is 2.40. The standard InChI is InChI=1S/C16H17N3O3S/c1-9-4-5-13-18-15-11(16(21)19(13)7-9)6-12(23-15)14(20)17-10(2)8-22-3/h4-7,10H,8H2,1-3H3,(H,17,20)/t10-/m1/s1. The molecule has 1 amide bonds. The normalized spacial score (nSPS) is 12.7. The maximum Gasteiger partial charge on any atom is 0.266 e. The second kappa shape index (κ2) is 6.10. The zero-order valence-electron chi connectivity index (χ0n) is 13.1. The highest BCUT2D eigenvalue weighted by atomic mass is 32.1. The summed E-state index contributed by atoms with van der Waals surface area (Å²) in [4.78, 5) is 30.4. The number of pyridine rings is 1. The Balaban J connectivity index is 2.05. The number of methoxy groups -OCH3 is 1. The number of carbonyl (C=O) groups is 1. The van der Waals surface area contributed by atoms with E-state index in [4.69, 9.17) is 4.74 Å². The molecule has 0 aliphatic heterocycles. The highest BCUT2D eigenvalue weighted by molar-refractivity contribution is 7.20. The van der Waals surface area contributed by atoms with Gasteiger partial charge in [-0.05, 0) is 31.5 Å². The molecule has 120 valence electrons. The second-order valence-electron chi connectivity index (χ2n) is 5.51. The number of hydrogen-bond donors (Lipinski definition) is 1. The van der Waals surface area contributed by atoms with Crippen LogP contribution >= 0.6 is 11.3 Å². The molecular formula is C16H17N3O3S. The van der Waals surface area contributed by atoms with Gasteiger partial charge in [-0.3, -0.25) is 14.0 Å². The summed E-state index contributed by atoms with van der Waals surface area (Å²) in [6.45, 7) is 4.21. The molecule has 1 atom stereocenters. The van der Waals surface area contributed by atoms with Crippen LogP contribution in [-0.2, 0) is 4.74 Å². The third-order valence-electron chi connectivity index (χ3n) is 3.47. The molecule has 0 aliphatic rings. The minimum atomic E-state index is -0.220. The summed E-state index contributed by atoms with van der Waals surface area (Å²) < 4.78 is 6.52. The molecule has 0 unspecified atom stereocenters. The van der Waals surface area contributed by atoms with Crippen molar-refractivity contribution in [1.29, 1.82) is 0 Å². The number of ether oxygens (including phenoxy) is 1. The summed E-state index contributed by atoms with van der Waals surface area (Å²) in [7, 11) is 1.58. The van der Waals surface area contributed by atoms with Gasteiger partial charge in [0, 0.05) is 19.3 Å². The van der Waals surface area contributed by atoms with Crippen LogP contribution in [0.15, 0.2) is 29.2 Å². The van der Waals surface area contributed by atoms with Crippen LogP contribution in [0.2, 0.25) is 0 Å². The molecule has 0 fully saturated rings. The Kier molecular flexibility index (Phi) is 4.14. The number of nitrogens with zero attached hydrogens (tertiary/aromatic N) is 2. The SMILES string of the molecule is COC[C@@H](C)NC(=O)c1cc2c(=O)n3cc(C)ccc3nc2s1. The van der Waals surface area contributed by atoms with Crippen LogP contribution in [0, 0.1) is 6.92 Å². The summed E-state index contributed by atoms with van der Waals surface area (Å²) in [5.74, 6) is -0.220. The van der Waals surface area contributed by atoms with E-state index >= 15 is 0 Å². The molecule has 7 heteroatoms. The Morgan fingerprint density at radius 2 is 2.26 bits per heavy atom. The summed E-state index contributed by atoms with van der Waals surface area (Å²) in [5, 5.41) is 3.30. The predicted octanol–water partition coefficient (Wildman–Crippen LogP) is 1.98. The molecule has 0 aliphatic carbocycles. The molecule has 23 heavy (non-hydrogen) atoms. The lowest BCUT2D eigenvalue weighted by molar-refractivity contribution is 0.0909. The van der Waals surface area contributed by atoms with Crippen LogP contribution in [0.5, 0.6) is 0 Å². The summed E-state index contributed by atoms with van der Waals surface area (Å²) in [6, 6.07) is 5.21. The third-order valence-corrected chi connectivity index (χ3v) is 4.50. The Morgan fingerprint density at radius 1 is 1.48 bits per heavy atom. The van der Waals surface area contributed by atoms with Crippen LogP contribution < -0.4 is 10.9 Å². The zero-order chi connectivity index (χ0) is 16.6. The van der Waals surface area contributed by atoms with Gasteiger partial charge in [-0.15, -0.1) is 11.3 Å². The molecule has 0 radical (unpaired) electrons. The monoisotopic (exact) mass is 331 g/mol. The zero-order valence-corrected chi connectivity index (χ0v) is 13.9. The van der Waals surface area contributed by atoms with Gasteiger partial charge in [0.1, 0.15) is 10.5 Å². The van der Waals surface area contributed by atoms with Gasteiger partial charge in [-0.2, -0.15) is 0 Å². The number of carbonyl (C=O) groups excluding carboxylic acids is 1. The highest BCUT2D eigenvalue weighted by Crippen LogP contribution is 2.22. The van der Waals surface area contributed by atoms with Crippen molar-refractivity contribution in [2.24, 2.45) is 0 Å². The van der Waals surface area contributed by atoms with Crippen LogP contribution in [0.1, 0.15) is 22.2 Å². The Morgan fingerprint density at radius 3 is 3.00 bits per heavy atom. The van der Waals surface area contributed by atoms with Gasteiger partial charge in [0.05, 0.1) is 16.9 Å². The number of rotatable bonds is 4. The molecular weight excluding hydrogens is 314 g/mol. The lowest BCUT2D eigenvalue weighted by atomic mass is 10.3. The first-order valence-corrected chi connectivity index (χ1v) is 8.03. The van der Waals surface area contributed by atoms with Crippen LogP contribution in [0.25, 0.3) is 15.9 Å². The van der Waals surface area contributed by atoms with Gasteiger partial charge in [-0.1, -0.05) is 6.07 Å². The van der Waals surface area contributed by atoms with E-state index in [-0.39, 0.29) is 17.5 Å². The largest absolute Gasteiger partial charge is 0.383 e. The van der Waals surface area contributed by atoms with Crippen molar-refractivity contribution in [3.05, 3.63) is 45.2 Å². The quantitative estimate of drug-likeness (QED) is 0.793. The number of aryl methyl sites for hydroxylation is 1. The van der Waals surface area contributed by atoms with Crippen molar-refractivity contribution >= 4 is 33.1 Å². The van der Waals surface area contributed by atoms with E-state index in [0.29, 0.717) is 27.3 Å². The summed E-state index contributed by atoms with van der Waals surface area (Å²) >= 11 is 1.22. The molecule has 0 spiro atoms. The fraction of sp³-hybridized carbons (Fsp3) is 0.312. The van der Waals surface area contributed by atoms with Crippen LogP contribution in [-0.4, -0.2) is 35.1 Å². The number of amides is 1. The maximum absolute atomic E-state index is 12.6. The van der Waals surface area contributed by atoms with Crippen molar-refractivity contribution in [2.75, 3.05) is 13.7 Å². The van der Waals surface area contributed by atoms with Crippen LogP contribution in [0.4, 0.5) is 0 Å². The molecule has 6 nitrogen and oxygen atoms in total. The third kappa shape index (κ3) is 2.97. The van der Waals surface area contributed by atoms with E-state index in [2.05, 4.69) is 10.3 Å². The Hall–Kier alpha value is -2.25. The molecule has 1 N–H and O–H groups in total. The first-order valence-electron chi connectivity index (χ1n) is 7.22. The van der Waals surface area contributed by atoms with Gasteiger partial charge in [0.15, 0.2) is 0 Å². The van der Waals surface area contributed by atoms with E-state index in [9.17, 15) is 9.59 Å². The van der Waals surface area contributed by atoms with Gasteiger partial charge in [-0.25, -0.2) is 4.98 Å². The van der Waals surface area contributed by atoms with Crippen molar-refractivity contribution in [3.63, 3.8) is 0 Å². The molecule has 3 aromatic rings. The van der Waals surface area contributed by atoms with E-state index in [0.717, 1.165) is 5.56 Å². The lowest BCUT2D eigenvalue weighted by Crippen LogP contribution is -2.35. The molecule has 0 aromatic carbocycles. The lowest BCUT2D eigenvalue weighted by Gasteiger charge is -2.11. The average Bonchev–Trinajstić information content (AvgIpc) is 2.93. The molecule has 0 bridgehead atoms. The molecule has 3 rings (SSSR count). The number of aromatic nitrogens is 2. The van der Waals surface area contributed by atoms with Crippen molar-refractivity contribution < 1.29 is 9.53 Å². The van der Waals surface area contributed by atoms with E-state index in [1.807, 2.05) is 19.9 Å². The van der Waals surface area contributed by atoms with Gasteiger partial charge in [0.25, 0.3) is 11.5 Å². The van der Waals surface area contributed by atoms with Crippen molar-refractivity contribution in [3.8, 4) is 0 Å². The second-order valence-corrected chi connectivity index (χ2v) is 6.54.